The van der Waals surface area contributed by atoms with E-state index in [-0.39, 0.29) is 113 Å². The molecule has 20 nitrogen and oxygen atoms in total. The van der Waals surface area contributed by atoms with E-state index < -0.39 is 60.1 Å². The summed E-state index contributed by atoms with van der Waals surface area (Å²) in [5.41, 5.74) is 2.57. The lowest BCUT2D eigenvalue weighted by Crippen LogP contribution is -2.07. The zero-order valence-electron chi connectivity index (χ0n) is 37.7. The molecule has 0 fully saturated rings. The number of methoxy groups -OCH3 is 4. The number of nitrogens with zero attached hydrogens (tertiary/aromatic N) is 4. The predicted octanol–water partition coefficient (Wildman–Crippen LogP) is 6.71. The highest BCUT2D eigenvalue weighted by Crippen LogP contribution is 2.42. The molecule has 0 radical (unpaired) electrons. The first-order valence-corrected chi connectivity index (χ1v) is 26.5. The molecule has 5 aliphatic rings. The van der Waals surface area contributed by atoms with Gasteiger partial charge in [0.25, 0.3) is 40.5 Å². The molecule has 0 amide bonds. The first-order chi connectivity index (χ1) is 34.0. The van der Waals surface area contributed by atoms with E-state index in [0.717, 1.165) is 24.3 Å². The van der Waals surface area contributed by atoms with Gasteiger partial charge in [-0.05, 0) is 119 Å². The van der Waals surface area contributed by atoms with E-state index in [1.54, 1.807) is 48.6 Å². The smallest absolute Gasteiger partial charge is 0.298 e. The number of rotatable bonds is 12. The molecule has 8 bridgehead atoms. The molecule has 72 heavy (non-hydrogen) atoms. The van der Waals surface area contributed by atoms with Crippen LogP contribution in [0.3, 0.4) is 0 Å². The summed E-state index contributed by atoms with van der Waals surface area (Å²) < 4.78 is 165. The summed E-state index contributed by atoms with van der Waals surface area (Å²) in [4.78, 5) is 17.6. The third-order valence-electron chi connectivity index (χ3n) is 11.5. The van der Waals surface area contributed by atoms with E-state index in [9.17, 15) is 51.9 Å². The van der Waals surface area contributed by atoms with Crippen molar-refractivity contribution in [2.45, 2.75) is 19.6 Å². The minimum atomic E-state index is -4.91. The molecular weight excluding hydrogens is 1020 g/mol. The normalized spacial score (nSPS) is 16.7. The van der Waals surface area contributed by atoms with Crippen molar-refractivity contribution in [2.24, 2.45) is 20.0 Å². The Bertz CT molecular complexity index is 3480. The monoisotopic (exact) mass is 1050 g/mol. The van der Waals surface area contributed by atoms with Gasteiger partial charge in [-0.2, -0.15) is 33.7 Å². The summed E-state index contributed by atoms with van der Waals surface area (Å²) in [5.74, 6) is -0.748. The number of allylic oxidation sites excluding steroid dienone is 12. The van der Waals surface area contributed by atoms with Gasteiger partial charge in [-0.15, -0.1) is 0 Å². The Morgan fingerprint density at radius 2 is 0.514 bits per heavy atom. The molecular formula is C48H36N4O16S4. The van der Waals surface area contributed by atoms with Gasteiger partial charge in [0.15, 0.2) is 0 Å². The fourth-order valence-corrected chi connectivity index (χ4v) is 11.1. The van der Waals surface area contributed by atoms with Gasteiger partial charge in [-0.1, -0.05) is 24.3 Å². The van der Waals surface area contributed by atoms with E-state index in [4.69, 9.17) is 38.9 Å². The lowest BCUT2D eigenvalue weighted by atomic mass is 9.98. The highest BCUT2D eigenvalue weighted by molar-refractivity contribution is 7.86. The van der Waals surface area contributed by atoms with Crippen LogP contribution >= 0.6 is 0 Å². The molecule has 24 heteroatoms. The molecule has 4 N–H and O–H groups in total. The van der Waals surface area contributed by atoms with Crippen LogP contribution in [0.5, 0.6) is 23.0 Å². The Morgan fingerprint density at radius 1 is 0.319 bits per heavy atom. The number of ether oxygens (including phenoxy) is 4. The van der Waals surface area contributed by atoms with Crippen LogP contribution in [0.1, 0.15) is 22.3 Å². The van der Waals surface area contributed by atoms with Crippen molar-refractivity contribution in [3.63, 3.8) is 0 Å². The van der Waals surface area contributed by atoms with Crippen LogP contribution in [-0.2, 0) is 40.5 Å². The average Bonchev–Trinajstić information content (AvgIpc) is 4.19. The fourth-order valence-electron chi connectivity index (χ4n) is 8.41. The Kier molecular flexibility index (Phi) is 12.4. The van der Waals surface area contributed by atoms with Gasteiger partial charge in [0.05, 0.1) is 74.1 Å². The Labute approximate surface area is 411 Å². The molecule has 0 saturated heterocycles. The third kappa shape index (κ3) is 9.12. The first-order valence-electron chi connectivity index (χ1n) is 20.7. The second-order valence-electron chi connectivity index (χ2n) is 15.7. The van der Waals surface area contributed by atoms with Gasteiger partial charge in [0.2, 0.25) is 0 Å². The molecule has 9 rings (SSSR count). The lowest BCUT2D eigenvalue weighted by molar-refractivity contribution is 0.397. The minimum Gasteiger partial charge on any atom is -0.495 e. The summed E-state index contributed by atoms with van der Waals surface area (Å²) >= 11 is 0. The molecule has 5 aliphatic heterocycles. The Morgan fingerprint density at radius 3 is 0.681 bits per heavy atom. The van der Waals surface area contributed by atoms with E-state index in [1.165, 1.54) is 77.0 Å². The quantitative estimate of drug-likeness (QED) is 0.107. The molecule has 0 aromatic heterocycles. The van der Waals surface area contributed by atoms with Gasteiger partial charge >= 0.3 is 0 Å². The Hall–Kier alpha value is -7.68. The summed E-state index contributed by atoms with van der Waals surface area (Å²) in [5, 5.41) is 0. The maximum atomic E-state index is 12.8. The van der Waals surface area contributed by atoms with E-state index in [2.05, 4.69) is 0 Å². The van der Waals surface area contributed by atoms with Crippen LogP contribution in [0.15, 0.2) is 184 Å². The summed E-state index contributed by atoms with van der Waals surface area (Å²) in [7, 11) is -14.8. The number of hydrogen-bond donors (Lipinski definition) is 4. The van der Waals surface area contributed by atoms with Crippen LogP contribution in [0.4, 0.5) is 0 Å². The predicted molar refractivity (Wildman–Crippen MR) is 265 cm³/mol. The van der Waals surface area contributed by atoms with Crippen molar-refractivity contribution in [2.75, 3.05) is 28.4 Å². The molecule has 0 aliphatic carbocycles. The van der Waals surface area contributed by atoms with Crippen molar-refractivity contribution in [1.29, 1.82) is 0 Å². The van der Waals surface area contributed by atoms with Gasteiger partial charge in [-0.25, -0.2) is 20.0 Å². The summed E-state index contributed by atoms with van der Waals surface area (Å²) in [6.07, 6.45) is 12.5. The summed E-state index contributed by atoms with van der Waals surface area (Å²) in [6.45, 7) is 0. The maximum absolute atomic E-state index is 12.8. The third-order valence-corrected chi connectivity index (χ3v) is 15.0. The van der Waals surface area contributed by atoms with Crippen LogP contribution in [0.25, 0.3) is 22.3 Å². The van der Waals surface area contributed by atoms with E-state index in [0.29, 0.717) is 0 Å². The largest absolute Gasteiger partial charge is 0.495 e. The second-order valence-corrected chi connectivity index (χ2v) is 21.3. The minimum absolute atomic E-state index is 0.151. The lowest BCUT2D eigenvalue weighted by Gasteiger charge is -2.15. The van der Waals surface area contributed by atoms with Crippen molar-refractivity contribution in [3.05, 3.63) is 166 Å². The van der Waals surface area contributed by atoms with Crippen LogP contribution in [0, 0.1) is 0 Å². The van der Waals surface area contributed by atoms with Gasteiger partial charge in [0, 0.05) is 22.3 Å². The first kappa shape index (κ1) is 49.3. The van der Waals surface area contributed by atoms with Crippen molar-refractivity contribution in [3.8, 4) is 23.0 Å². The number of hydrogen-bond acceptors (Lipinski definition) is 16. The number of aliphatic imine (C=N–C) groups is 4. The molecule has 0 saturated carbocycles. The highest BCUT2D eigenvalue weighted by atomic mass is 32.2. The fraction of sp³-hybridized carbons (Fsp3) is 0.0833. The standard InChI is InChI=1S/C48H36N4O16S4/c1-65-37-17-5-25(21-41(37)69(53,54)55)45-29-9-11-31(49-29)46(26-6-18-38(66-2)42(22-26)70(56,57)58)33-13-15-35(51-33)48(28-8-20-40(68-4)44(24-28)72(62,63)64)36-16-14-34(52-36)47(32-12-10-30(45)50-32)27-7-19-39(67-3)43(23-27)71(59,60)61/h5-24H,1-4H3,(H,53,54,55)(H,56,57,58)(H,59,60,61)(H,62,63,64). The molecule has 0 atom stereocenters. The van der Waals surface area contributed by atoms with Crippen LogP contribution in [0.2, 0.25) is 0 Å². The molecule has 368 valence electrons. The second kappa shape index (κ2) is 18.2. The molecule has 5 heterocycles. The SMILES string of the molecule is COc1ccc(C2=C3C=CC(=N3)C(c3ccc(OC)c(S(=O)(=O)O)c3)=C3C=CC(=N3)C(c3ccc(OC)c(S(=O)(=O)O)c3)=C3C=CC(=N3)C(c3ccc(OC)c(S(=O)(=O)O)c3)=C3C=CC2=N3)cc1S(=O)(=O)O. The van der Waals surface area contributed by atoms with Gasteiger partial charge in [-0.3, -0.25) is 18.2 Å². The molecule has 4 aromatic rings. The van der Waals surface area contributed by atoms with Crippen LogP contribution in [-0.4, -0.2) is 103 Å². The molecule has 0 unspecified atom stereocenters. The maximum Gasteiger partial charge on any atom is 0.298 e. The van der Waals surface area contributed by atoms with E-state index >= 15 is 0 Å². The van der Waals surface area contributed by atoms with Gasteiger partial charge < -0.3 is 18.9 Å². The summed E-state index contributed by atoms with van der Waals surface area (Å²) in [6, 6.07) is 15.9. The average molecular weight is 1050 g/mol. The van der Waals surface area contributed by atoms with Crippen molar-refractivity contribution in [1.82, 2.24) is 0 Å². The number of benzene rings is 4. The van der Waals surface area contributed by atoms with E-state index in [1.807, 2.05) is 0 Å². The molecule has 4 aromatic carbocycles. The highest BCUT2D eigenvalue weighted by Gasteiger charge is 2.31. The zero-order valence-corrected chi connectivity index (χ0v) is 40.9. The Balaban J connectivity index is 1.43. The molecule has 0 spiro atoms. The van der Waals surface area contributed by atoms with Gasteiger partial charge in [0.1, 0.15) is 42.6 Å². The number of fused-ring (bicyclic) bond motifs is 4. The van der Waals surface area contributed by atoms with Crippen molar-refractivity contribution >= 4 is 85.6 Å². The zero-order chi connectivity index (χ0) is 51.7. The topological polar surface area (TPSA) is 304 Å². The van der Waals surface area contributed by atoms with Crippen LogP contribution < -0.4 is 18.9 Å². The van der Waals surface area contributed by atoms with Crippen molar-refractivity contribution < 1.29 is 70.8 Å².